The number of amides is 1. The second-order valence-corrected chi connectivity index (χ2v) is 8.32. The van der Waals surface area contributed by atoms with Gasteiger partial charge in [0.2, 0.25) is 5.91 Å². The van der Waals surface area contributed by atoms with E-state index < -0.39 is 5.82 Å². The molecular weight excluding hydrogens is 449 g/mol. The number of hydrogen-bond acceptors (Lipinski definition) is 4. The summed E-state index contributed by atoms with van der Waals surface area (Å²) in [4.78, 5) is 13.7. The molecule has 8 heteroatoms. The van der Waals surface area contributed by atoms with E-state index in [1.165, 1.54) is 6.08 Å². The number of methoxy groups -OCH3 is 1. The summed E-state index contributed by atoms with van der Waals surface area (Å²) in [5, 5.41) is 4.71. The lowest BCUT2D eigenvalue weighted by atomic mass is 9.95. The number of nitrogens with one attached hydrogen (secondary N) is 1. The number of thiocarbonyl (C=S) groups is 1. The fourth-order valence-electron chi connectivity index (χ4n) is 3.83. The lowest BCUT2D eigenvalue weighted by Crippen LogP contribution is -2.60. The summed E-state index contributed by atoms with van der Waals surface area (Å²) in [6, 6.07) is 12.8. The molecule has 164 valence electrons. The van der Waals surface area contributed by atoms with E-state index in [2.05, 4.69) is 11.9 Å². The van der Waals surface area contributed by atoms with E-state index in [4.69, 9.17) is 34.3 Å². The third kappa shape index (κ3) is 3.89. The molecule has 5 nitrogen and oxygen atoms in total. The number of nitrogen functional groups attached to an aromatic ring is 1. The number of ether oxygens (including phenoxy) is 1. The molecule has 0 saturated carbocycles. The predicted octanol–water partition coefficient (Wildman–Crippen LogP) is 4.55. The fourth-order valence-corrected chi connectivity index (χ4v) is 4.44. The van der Waals surface area contributed by atoms with Crippen molar-refractivity contribution in [1.82, 2.24) is 10.2 Å². The number of benzene rings is 3. The third-order valence-corrected chi connectivity index (χ3v) is 6.30. The molecule has 0 spiro atoms. The predicted molar refractivity (Wildman–Crippen MR) is 131 cm³/mol. The summed E-state index contributed by atoms with van der Waals surface area (Å²) in [5.41, 5.74) is 7.27. The van der Waals surface area contributed by atoms with Crippen LogP contribution in [0.15, 0.2) is 55.1 Å². The van der Waals surface area contributed by atoms with Gasteiger partial charge in [-0.3, -0.25) is 4.79 Å². The normalized spacial score (nSPS) is 13.5. The number of anilines is 1. The van der Waals surface area contributed by atoms with E-state index in [1.54, 1.807) is 19.2 Å². The Labute approximate surface area is 195 Å². The molecule has 1 heterocycles. The third-order valence-electron chi connectivity index (χ3n) is 5.53. The smallest absolute Gasteiger partial charge is 0.243 e. The highest BCUT2D eigenvalue weighted by Crippen LogP contribution is 2.41. The van der Waals surface area contributed by atoms with Gasteiger partial charge in [-0.05, 0) is 40.6 Å². The van der Waals surface area contributed by atoms with Gasteiger partial charge in [0.1, 0.15) is 10.7 Å². The molecule has 1 aliphatic rings. The Morgan fingerprint density at radius 1 is 1.34 bits per heavy atom. The van der Waals surface area contributed by atoms with Gasteiger partial charge in [0.25, 0.3) is 0 Å². The van der Waals surface area contributed by atoms with Gasteiger partial charge in [-0.2, -0.15) is 0 Å². The first kappa shape index (κ1) is 22.0. The number of rotatable bonds is 5. The zero-order valence-corrected chi connectivity index (χ0v) is 18.9. The van der Waals surface area contributed by atoms with E-state index in [-0.39, 0.29) is 28.2 Å². The van der Waals surface area contributed by atoms with Gasteiger partial charge in [0.15, 0.2) is 5.82 Å². The zero-order valence-electron chi connectivity index (χ0n) is 17.3. The highest BCUT2D eigenvalue weighted by atomic mass is 35.5. The van der Waals surface area contributed by atoms with Crippen LogP contribution in [-0.2, 0) is 4.79 Å². The van der Waals surface area contributed by atoms with Crippen molar-refractivity contribution in [3.05, 3.63) is 71.5 Å². The van der Waals surface area contributed by atoms with Crippen molar-refractivity contribution in [2.75, 3.05) is 25.9 Å². The molecule has 1 amide bonds. The first-order valence-corrected chi connectivity index (χ1v) is 10.7. The van der Waals surface area contributed by atoms with Crippen LogP contribution in [-0.4, -0.2) is 42.0 Å². The number of hydrogen-bond donors (Lipinski definition) is 2. The molecule has 32 heavy (non-hydrogen) atoms. The van der Waals surface area contributed by atoms with Crippen LogP contribution in [0.2, 0.25) is 5.02 Å². The van der Waals surface area contributed by atoms with Crippen LogP contribution in [0.5, 0.6) is 5.75 Å². The van der Waals surface area contributed by atoms with E-state index in [0.717, 1.165) is 10.8 Å². The Morgan fingerprint density at radius 2 is 2.06 bits per heavy atom. The number of carbonyl (C=O) groups excluding carboxylic acids is 1. The molecule has 0 aliphatic carbocycles. The summed E-state index contributed by atoms with van der Waals surface area (Å²) < 4.78 is 21.0. The molecule has 0 atom stereocenters. The Hall–Kier alpha value is -3.16. The lowest BCUT2D eigenvalue weighted by Gasteiger charge is -2.41. The second kappa shape index (κ2) is 8.76. The van der Waals surface area contributed by atoms with Gasteiger partial charge in [-0.15, -0.1) is 0 Å². The summed E-state index contributed by atoms with van der Waals surface area (Å²) in [6.45, 7) is 4.43. The van der Waals surface area contributed by atoms with Crippen LogP contribution in [0, 0.1) is 5.82 Å². The second-order valence-electron chi connectivity index (χ2n) is 7.52. The zero-order chi connectivity index (χ0) is 23.0. The molecule has 1 fully saturated rings. The summed E-state index contributed by atoms with van der Waals surface area (Å²) in [5.74, 6) is -0.296. The highest BCUT2D eigenvalue weighted by Gasteiger charge is 2.32. The Bertz CT molecular complexity index is 1260. The van der Waals surface area contributed by atoms with Crippen LogP contribution in [0.4, 0.5) is 10.1 Å². The minimum atomic E-state index is -0.634. The van der Waals surface area contributed by atoms with E-state index in [1.807, 2.05) is 35.2 Å². The van der Waals surface area contributed by atoms with E-state index in [9.17, 15) is 4.79 Å². The maximum absolute atomic E-state index is 15.6. The van der Waals surface area contributed by atoms with Crippen molar-refractivity contribution in [3.8, 4) is 16.9 Å². The minimum Gasteiger partial charge on any atom is -0.497 e. The SMILES string of the molecule is C=CC(=O)NC1CN(C(=S)c2cc(Cl)c(-c3cc(OC)cc4ccccc34)c(F)c2N)C1. The van der Waals surface area contributed by atoms with E-state index in [0.29, 0.717) is 35.0 Å². The molecule has 1 aliphatic heterocycles. The van der Waals surface area contributed by atoms with Crippen LogP contribution < -0.4 is 15.8 Å². The molecule has 0 bridgehead atoms. The molecule has 3 aromatic carbocycles. The number of fused-ring (bicyclic) bond motifs is 1. The maximum Gasteiger partial charge on any atom is 0.243 e. The number of nitrogens with zero attached hydrogens (tertiary/aromatic N) is 1. The van der Waals surface area contributed by atoms with Crippen LogP contribution in [0.3, 0.4) is 0 Å². The molecular formula is C24H21ClFN3O2S. The molecule has 0 unspecified atom stereocenters. The maximum atomic E-state index is 15.6. The summed E-state index contributed by atoms with van der Waals surface area (Å²) in [7, 11) is 1.56. The summed E-state index contributed by atoms with van der Waals surface area (Å²) in [6.07, 6.45) is 1.22. The van der Waals surface area contributed by atoms with Crippen LogP contribution >= 0.6 is 23.8 Å². The standard InChI is InChI=1S/C24H21ClFN3O2S/c1-3-20(30)28-14-11-29(12-14)24(32)18-10-19(25)21(22(26)23(18)27)17-9-15(31-2)8-13-6-4-5-7-16(13)17/h3-10,14H,1,11-12,27H2,2H3,(H,28,30). The van der Waals surface area contributed by atoms with Crippen molar-refractivity contribution in [1.29, 1.82) is 0 Å². The van der Waals surface area contributed by atoms with Crippen LogP contribution in [0.25, 0.3) is 21.9 Å². The van der Waals surface area contributed by atoms with Crippen molar-refractivity contribution >= 4 is 51.2 Å². The van der Waals surface area contributed by atoms with Crippen molar-refractivity contribution < 1.29 is 13.9 Å². The minimum absolute atomic E-state index is 0.0533. The van der Waals surface area contributed by atoms with Crippen molar-refractivity contribution in [2.24, 2.45) is 0 Å². The monoisotopic (exact) mass is 469 g/mol. The quantitative estimate of drug-likeness (QED) is 0.326. The van der Waals surface area contributed by atoms with E-state index >= 15 is 4.39 Å². The number of halogens is 2. The number of nitrogens with two attached hydrogens (primary N) is 1. The number of likely N-dealkylation sites (tertiary alicyclic amines) is 1. The topological polar surface area (TPSA) is 67.6 Å². The first-order chi connectivity index (χ1) is 15.3. The molecule has 0 aromatic heterocycles. The Balaban J connectivity index is 1.71. The van der Waals surface area contributed by atoms with Crippen molar-refractivity contribution in [2.45, 2.75) is 6.04 Å². The van der Waals surface area contributed by atoms with Gasteiger partial charge in [0.05, 0.1) is 23.9 Å². The van der Waals surface area contributed by atoms with Gasteiger partial charge in [0, 0.05) is 24.2 Å². The van der Waals surface area contributed by atoms with Crippen molar-refractivity contribution in [3.63, 3.8) is 0 Å². The van der Waals surface area contributed by atoms with Gasteiger partial charge in [-0.25, -0.2) is 4.39 Å². The highest BCUT2D eigenvalue weighted by molar-refractivity contribution is 7.80. The first-order valence-electron chi connectivity index (χ1n) is 9.90. The van der Waals surface area contributed by atoms with Gasteiger partial charge in [-0.1, -0.05) is 54.7 Å². The number of carbonyl (C=O) groups is 1. The molecule has 1 saturated heterocycles. The average Bonchev–Trinajstić information content (AvgIpc) is 2.77. The summed E-state index contributed by atoms with van der Waals surface area (Å²) >= 11 is 12.1. The fraction of sp³-hybridized carbons (Fsp3) is 0.167. The van der Waals surface area contributed by atoms with Gasteiger partial charge < -0.3 is 20.7 Å². The molecule has 4 rings (SSSR count). The average molecular weight is 470 g/mol. The Morgan fingerprint density at radius 3 is 2.75 bits per heavy atom. The molecule has 0 radical (unpaired) electrons. The lowest BCUT2D eigenvalue weighted by molar-refractivity contribution is -0.117. The largest absolute Gasteiger partial charge is 0.497 e. The van der Waals surface area contributed by atoms with Crippen LogP contribution in [0.1, 0.15) is 5.56 Å². The molecule has 3 aromatic rings. The molecule has 3 N–H and O–H groups in total. The Kier molecular flexibility index (Phi) is 6.04. The van der Waals surface area contributed by atoms with Gasteiger partial charge >= 0.3 is 0 Å².